The molecule has 2 aromatic rings. The number of amidine groups is 1. The number of hydrogen-bond donors (Lipinski definition) is 2. The Kier molecular flexibility index (Phi) is 8.28. The van der Waals surface area contributed by atoms with Crippen LogP contribution in [0.4, 0.5) is 18.9 Å². The Hall–Kier alpha value is -3.25. The van der Waals surface area contributed by atoms with Crippen LogP contribution in [0.15, 0.2) is 46.6 Å². The summed E-state index contributed by atoms with van der Waals surface area (Å²) >= 11 is 6.58. The zero-order chi connectivity index (χ0) is 25.8. The Morgan fingerprint density at radius 3 is 2.60 bits per heavy atom. The molecule has 0 aromatic heterocycles. The normalized spacial score (nSPS) is 17.3. The summed E-state index contributed by atoms with van der Waals surface area (Å²) in [6.07, 6.45) is -4.95. The number of carbonyl (C=O) groups excluding carboxylic acids is 2. The second-order valence-corrected chi connectivity index (χ2v) is 8.80. The van der Waals surface area contributed by atoms with E-state index in [4.69, 9.17) is 21.1 Å². The minimum absolute atomic E-state index is 0.0855. The minimum atomic E-state index is -4.67. The Labute approximate surface area is 207 Å². The number of amides is 2. The molecule has 1 atom stereocenters. The van der Waals surface area contributed by atoms with Crippen molar-refractivity contribution in [2.75, 3.05) is 19.5 Å². The molecule has 0 unspecified atom stereocenters. The molecule has 1 heterocycles. The van der Waals surface area contributed by atoms with Gasteiger partial charge in [-0.3, -0.25) is 9.59 Å². The number of carbonyl (C=O) groups is 2. The molecule has 0 saturated carbocycles. The summed E-state index contributed by atoms with van der Waals surface area (Å²) < 4.78 is 49.5. The molecule has 1 aliphatic rings. The molecule has 0 aliphatic carbocycles. The summed E-state index contributed by atoms with van der Waals surface area (Å²) in [5.41, 5.74) is 0.0270. The van der Waals surface area contributed by atoms with Gasteiger partial charge in [-0.2, -0.15) is 18.3 Å². The zero-order valence-corrected chi connectivity index (χ0v) is 20.3. The van der Waals surface area contributed by atoms with Crippen molar-refractivity contribution in [2.24, 2.45) is 10.2 Å². The molecule has 35 heavy (non-hydrogen) atoms. The Balaban J connectivity index is 1.65. The van der Waals surface area contributed by atoms with E-state index in [2.05, 4.69) is 20.8 Å². The molecule has 3 rings (SSSR count). The quantitative estimate of drug-likeness (QED) is 0.400. The number of nitrogens with one attached hydrogen (secondary N) is 2. The molecule has 2 amide bonds. The molecule has 0 radical (unpaired) electrons. The number of nitrogens with zero attached hydrogens (tertiary/aromatic N) is 2. The largest absolute Gasteiger partial charge is 0.497 e. The summed E-state index contributed by atoms with van der Waals surface area (Å²) in [5, 5.41) is 11.9. The van der Waals surface area contributed by atoms with Gasteiger partial charge in [0, 0.05) is 23.7 Å². The number of ether oxygens (including phenoxy) is 2. The summed E-state index contributed by atoms with van der Waals surface area (Å²) in [7, 11) is 3.04. The van der Waals surface area contributed by atoms with Gasteiger partial charge in [-0.1, -0.05) is 23.4 Å². The average Bonchev–Trinajstić information content (AvgIpc) is 3.16. The maximum atomic E-state index is 13.0. The van der Waals surface area contributed by atoms with Gasteiger partial charge in [0.2, 0.25) is 11.8 Å². The topological polar surface area (TPSA) is 101 Å². The van der Waals surface area contributed by atoms with E-state index < -0.39 is 33.8 Å². The second-order valence-electron chi connectivity index (χ2n) is 7.20. The average molecular weight is 529 g/mol. The van der Waals surface area contributed by atoms with E-state index in [-0.39, 0.29) is 17.3 Å². The highest BCUT2D eigenvalue weighted by Gasteiger charge is 2.34. The van der Waals surface area contributed by atoms with E-state index in [0.29, 0.717) is 22.8 Å². The van der Waals surface area contributed by atoms with Crippen LogP contribution in [0.5, 0.6) is 11.5 Å². The van der Waals surface area contributed by atoms with Gasteiger partial charge < -0.3 is 20.1 Å². The van der Waals surface area contributed by atoms with Crippen molar-refractivity contribution < 1.29 is 32.2 Å². The lowest BCUT2D eigenvalue weighted by atomic mass is 10.1. The predicted molar refractivity (Wildman–Crippen MR) is 128 cm³/mol. The van der Waals surface area contributed by atoms with Gasteiger partial charge in [-0.25, -0.2) is 0 Å². The number of benzene rings is 2. The first-order valence-electron chi connectivity index (χ1n) is 10.0. The molecular formula is C22H20ClF3N4O4S. The van der Waals surface area contributed by atoms with Crippen LogP contribution in [0.3, 0.4) is 0 Å². The van der Waals surface area contributed by atoms with Gasteiger partial charge in [-0.05, 0) is 37.3 Å². The predicted octanol–water partition coefficient (Wildman–Crippen LogP) is 4.72. The third-order valence-electron chi connectivity index (χ3n) is 4.79. The Morgan fingerprint density at radius 2 is 1.94 bits per heavy atom. The lowest BCUT2D eigenvalue weighted by Crippen LogP contribution is -2.28. The van der Waals surface area contributed by atoms with Gasteiger partial charge >= 0.3 is 6.18 Å². The highest BCUT2D eigenvalue weighted by Crippen LogP contribution is 2.36. The van der Waals surface area contributed by atoms with Crippen molar-refractivity contribution in [2.45, 2.75) is 24.8 Å². The van der Waals surface area contributed by atoms with Crippen molar-refractivity contribution in [1.29, 1.82) is 0 Å². The maximum absolute atomic E-state index is 13.0. The zero-order valence-electron chi connectivity index (χ0n) is 18.7. The number of rotatable bonds is 7. The molecule has 2 N–H and O–H groups in total. The fraction of sp³-hybridized carbons (Fsp3) is 0.273. The van der Waals surface area contributed by atoms with Crippen LogP contribution in [0.2, 0.25) is 5.02 Å². The lowest BCUT2D eigenvalue weighted by Gasteiger charge is -2.12. The van der Waals surface area contributed by atoms with E-state index in [0.717, 1.165) is 23.9 Å². The second kappa shape index (κ2) is 11.0. The SMILES string of the molecule is COc1ccc(/C(C)=N\N=C2\NC(=O)[C@@H](CC(=O)Nc3ccc(Cl)c(C(F)(F)F)c3)S2)c(OC)c1. The summed E-state index contributed by atoms with van der Waals surface area (Å²) in [5.74, 6) is 0.0277. The first kappa shape index (κ1) is 26.4. The fourth-order valence-corrected chi connectivity index (χ4v) is 4.20. The van der Waals surface area contributed by atoms with E-state index in [1.165, 1.54) is 20.3 Å². The van der Waals surface area contributed by atoms with Crippen LogP contribution >= 0.6 is 23.4 Å². The van der Waals surface area contributed by atoms with Gasteiger partial charge in [0.05, 0.1) is 30.5 Å². The van der Waals surface area contributed by atoms with Crippen molar-refractivity contribution in [3.63, 3.8) is 0 Å². The van der Waals surface area contributed by atoms with Crippen molar-refractivity contribution in [3.8, 4) is 11.5 Å². The van der Waals surface area contributed by atoms with Gasteiger partial charge in [0.25, 0.3) is 0 Å². The molecule has 13 heteroatoms. The third-order valence-corrected chi connectivity index (χ3v) is 6.19. The van der Waals surface area contributed by atoms with Crippen LogP contribution in [-0.2, 0) is 15.8 Å². The van der Waals surface area contributed by atoms with Crippen LogP contribution in [0.1, 0.15) is 24.5 Å². The highest BCUT2D eigenvalue weighted by atomic mass is 35.5. The van der Waals surface area contributed by atoms with Crippen LogP contribution in [0, 0.1) is 0 Å². The van der Waals surface area contributed by atoms with Crippen molar-refractivity contribution in [1.82, 2.24) is 5.32 Å². The number of thioether (sulfide) groups is 1. The fourth-order valence-electron chi connectivity index (χ4n) is 3.06. The molecule has 1 saturated heterocycles. The Bertz CT molecular complexity index is 1200. The molecule has 2 aromatic carbocycles. The molecule has 1 fully saturated rings. The number of anilines is 1. The molecule has 1 aliphatic heterocycles. The minimum Gasteiger partial charge on any atom is -0.497 e. The first-order valence-corrected chi connectivity index (χ1v) is 11.3. The summed E-state index contributed by atoms with van der Waals surface area (Å²) in [6, 6.07) is 8.21. The van der Waals surface area contributed by atoms with E-state index in [9.17, 15) is 22.8 Å². The Morgan fingerprint density at radius 1 is 1.20 bits per heavy atom. The standard InChI is InChI=1S/C22H20ClF3N4O4S/c1-11(14-6-5-13(33-2)9-17(14)34-3)29-30-21-28-20(32)18(35-21)10-19(31)27-12-4-7-16(23)15(8-12)22(24,25)26/h4-9,18H,10H2,1-3H3,(H,27,31)(H,28,30,32)/b29-11-/t18-/m1/s1. The highest BCUT2D eigenvalue weighted by molar-refractivity contribution is 8.15. The monoisotopic (exact) mass is 528 g/mol. The van der Waals surface area contributed by atoms with Gasteiger partial charge in [0.1, 0.15) is 16.7 Å². The molecule has 186 valence electrons. The van der Waals surface area contributed by atoms with E-state index in [1.54, 1.807) is 25.1 Å². The maximum Gasteiger partial charge on any atom is 0.417 e. The summed E-state index contributed by atoms with van der Waals surface area (Å²) in [6.45, 7) is 1.71. The number of hydrogen-bond acceptors (Lipinski definition) is 7. The van der Waals surface area contributed by atoms with Crippen molar-refractivity contribution in [3.05, 3.63) is 52.5 Å². The van der Waals surface area contributed by atoms with Crippen LogP contribution in [-0.4, -0.2) is 42.2 Å². The molecule has 0 bridgehead atoms. The smallest absolute Gasteiger partial charge is 0.417 e. The first-order chi connectivity index (χ1) is 16.5. The van der Waals surface area contributed by atoms with Crippen molar-refractivity contribution >= 4 is 51.7 Å². The third kappa shape index (κ3) is 6.67. The van der Waals surface area contributed by atoms with Crippen LogP contribution < -0.4 is 20.1 Å². The number of methoxy groups -OCH3 is 2. The van der Waals surface area contributed by atoms with Gasteiger partial charge in [-0.15, -0.1) is 5.10 Å². The van der Waals surface area contributed by atoms with E-state index in [1.807, 2.05) is 0 Å². The van der Waals surface area contributed by atoms with Crippen LogP contribution in [0.25, 0.3) is 0 Å². The lowest BCUT2D eigenvalue weighted by molar-refractivity contribution is -0.137. The number of alkyl halides is 3. The van der Waals surface area contributed by atoms with E-state index >= 15 is 0 Å². The molecule has 8 nitrogen and oxygen atoms in total. The molecular weight excluding hydrogens is 509 g/mol. The summed E-state index contributed by atoms with van der Waals surface area (Å²) in [4.78, 5) is 24.6. The van der Waals surface area contributed by atoms with Gasteiger partial charge in [0.15, 0.2) is 5.17 Å². The molecule has 0 spiro atoms. The number of halogens is 4.